The Balaban J connectivity index is 2.10. The van der Waals surface area contributed by atoms with Gasteiger partial charge in [-0.25, -0.2) is 0 Å². The molecule has 1 aliphatic rings. The minimum Gasteiger partial charge on any atom is -0.369 e. The van der Waals surface area contributed by atoms with E-state index in [2.05, 4.69) is 37.0 Å². The van der Waals surface area contributed by atoms with E-state index in [-0.39, 0.29) is 6.04 Å². The molecule has 1 unspecified atom stereocenters. The molecule has 3 nitrogen and oxygen atoms in total. The Bertz CT molecular complexity index is 689. The molecule has 0 amide bonds. The van der Waals surface area contributed by atoms with Gasteiger partial charge >= 0.3 is 0 Å². The maximum atomic E-state index is 6.35. The fraction of sp³-hybridized carbons (Fsp3) is 0.235. The second-order valence-electron chi connectivity index (χ2n) is 5.34. The first-order valence-corrected chi connectivity index (χ1v) is 7.37. The van der Waals surface area contributed by atoms with Crippen LogP contribution in [-0.4, -0.2) is 12.5 Å². The number of halogens is 1. The van der Waals surface area contributed by atoms with E-state index in [0.717, 1.165) is 5.69 Å². The lowest BCUT2D eigenvalue weighted by molar-refractivity contribution is 0.756. The van der Waals surface area contributed by atoms with Crippen molar-refractivity contribution in [3.05, 3.63) is 64.2 Å². The van der Waals surface area contributed by atoms with Gasteiger partial charge in [-0.1, -0.05) is 41.9 Å². The van der Waals surface area contributed by atoms with E-state index in [1.807, 2.05) is 29.2 Å². The van der Waals surface area contributed by atoms with Gasteiger partial charge in [0.2, 0.25) is 0 Å². The predicted octanol–water partition coefficient (Wildman–Crippen LogP) is 3.83. The van der Waals surface area contributed by atoms with Crippen LogP contribution >= 0.6 is 11.6 Å². The highest BCUT2D eigenvalue weighted by Gasteiger charge is 2.31. The summed E-state index contributed by atoms with van der Waals surface area (Å²) in [5.74, 6) is 0.524. The number of guanidine groups is 1. The van der Waals surface area contributed by atoms with Crippen molar-refractivity contribution in [1.82, 2.24) is 0 Å². The maximum Gasteiger partial charge on any atom is 0.196 e. The smallest absolute Gasteiger partial charge is 0.196 e. The summed E-state index contributed by atoms with van der Waals surface area (Å²) in [4.78, 5) is 6.48. The van der Waals surface area contributed by atoms with Crippen molar-refractivity contribution in [2.45, 2.75) is 19.9 Å². The lowest BCUT2D eigenvalue weighted by atomic mass is 9.95. The largest absolute Gasteiger partial charge is 0.369 e. The van der Waals surface area contributed by atoms with Gasteiger partial charge in [-0.05, 0) is 42.7 Å². The van der Waals surface area contributed by atoms with E-state index >= 15 is 0 Å². The first-order valence-electron chi connectivity index (χ1n) is 6.99. The average Bonchev–Trinajstić information content (AvgIpc) is 2.81. The Hall–Kier alpha value is -2.00. The molecule has 0 spiro atoms. The topological polar surface area (TPSA) is 41.6 Å². The number of benzene rings is 2. The lowest BCUT2D eigenvalue weighted by Gasteiger charge is -2.29. The van der Waals surface area contributed by atoms with Gasteiger partial charge in [0, 0.05) is 0 Å². The van der Waals surface area contributed by atoms with E-state index in [9.17, 15) is 0 Å². The molecule has 0 saturated carbocycles. The molecular formula is C17H18ClN3. The Kier molecular flexibility index (Phi) is 3.60. The van der Waals surface area contributed by atoms with Gasteiger partial charge in [0.05, 0.1) is 23.3 Å². The van der Waals surface area contributed by atoms with Gasteiger partial charge in [0.25, 0.3) is 0 Å². The summed E-state index contributed by atoms with van der Waals surface area (Å²) >= 11 is 6.35. The van der Waals surface area contributed by atoms with Gasteiger partial charge in [-0.15, -0.1) is 0 Å². The molecule has 1 aliphatic heterocycles. The molecule has 0 aromatic heterocycles. The van der Waals surface area contributed by atoms with Crippen molar-refractivity contribution in [1.29, 1.82) is 0 Å². The monoisotopic (exact) mass is 299 g/mol. The summed E-state index contributed by atoms with van der Waals surface area (Å²) < 4.78 is 0. The fourth-order valence-corrected chi connectivity index (χ4v) is 3.24. The molecule has 21 heavy (non-hydrogen) atoms. The Morgan fingerprint density at radius 2 is 1.76 bits per heavy atom. The number of aryl methyl sites for hydroxylation is 2. The highest BCUT2D eigenvalue weighted by molar-refractivity contribution is 6.33. The molecule has 0 fully saturated rings. The Morgan fingerprint density at radius 3 is 2.43 bits per heavy atom. The van der Waals surface area contributed by atoms with E-state index in [4.69, 9.17) is 17.3 Å². The third-order valence-electron chi connectivity index (χ3n) is 3.97. The van der Waals surface area contributed by atoms with Gasteiger partial charge in [-0.3, -0.25) is 4.99 Å². The minimum absolute atomic E-state index is 0.103. The summed E-state index contributed by atoms with van der Waals surface area (Å²) in [6.45, 7) is 4.91. The first-order chi connectivity index (χ1) is 10.1. The normalized spacial score (nSPS) is 18.0. The van der Waals surface area contributed by atoms with Crippen molar-refractivity contribution in [2.75, 3.05) is 11.4 Å². The second kappa shape index (κ2) is 5.41. The predicted molar refractivity (Wildman–Crippen MR) is 89.1 cm³/mol. The summed E-state index contributed by atoms with van der Waals surface area (Å²) in [6, 6.07) is 14.2. The summed E-state index contributed by atoms with van der Waals surface area (Å²) in [5.41, 5.74) is 10.8. The number of para-hydroxylation sites is 1. The van der Waals surface area contributed by atoms with Crippen molar-refractivity contribution in [3.63, 3.8) is 0 Å². The zero-order valence-corrected chi connectivity index (χ0v) is 12.9. The molecule has 0 saturated heterocycles. The van der Waals surface area contributed by atoms with E-state index in [1.165, 1.54) is 16.7 Å². The first kappa shape index (κ1) is 14.0. The molecule has 1 heterocycles. The molecule has 108 valence electrons. The number of hydrogen-bond donors (Lipinski definition) is 1. The van der Waals surface area contributed by atoms with Crippen LogP contribution < -0.4 is 10.6 Å². The molecule has 0 aliphatic carbocycles. The zero-order valence-electron chi connectivity index (χ0n) is 12.2. The van der Waals surface area contributed by atoms with Crippen LogP contribution in [0.1, 0.15) is 22.7 Å². The maximum absolute atomic E-state index is 6.35. The molecule has 0 bridgehead atoms. The van der Waals surface area contributed by atoms with Crippen molar-refractivity contribution in [3.8, 4) is 0 Å². The summed E-state index contributed by atoms with van der Waals surface area (Å²) in [7, 11) is 0. The Morgan fingerprint density at radius 1 is 1.10 bits per heavy atom. The van der Waals surface area contributed by atoms with Crippen LogP contribution in [0.3, 0.4) is 0 Å². The number of rotatable bonds is 2. The van der Waals surface area contributed by atoms with E-state index in [0.29, 0.717) is 17.5 Å². The zero-order chi connectivity index (χ0) is 15.0. The third-order valence-corrected chi connectivity index (χ3v) is 4.29. The highest BCUT2D eigenvalue weighted by atomic mass is 35.5. The quantitative estimate of drug-likeness (QED) is 0.915. The third kappa shape index (κ3) is 2.38. The van der Waals surface area contributed by atoms with Crippen LogP contribution in [-0.2, 0) is 0 Å². The molecule has 4 heteroatoms. The Labute approximate surface area is 130 Å². The number of aliphatic imine (C=N–C) groups is 1. The van der Waals surface area contributed by atoms with E-state index < -0.39 is 0 Å². The van der Waals surface area contributed by atoms with Crippen LogP contribution in [0, 0.1) is 13.8 Å². The van der Waals surface area contributed by atoms with Crippen molar-refractivity contribution < 1.29 is 0 Å². The van der Waals surface area contributed by atoms with Crippen molar-refractivity contribution in [2.24, 2.45) is 10.7 Å². The number of nitrogens with zero attached hydrogens (tertiary/aromatic N) is 2. The average molecular weight is 300 g/mol. The van der Waals surface area contributed by atoms with Gasteiger partial charge in [-0.2, -0.15) is 0 Å². The number of hydrogen-bond acceptors (Lipinski definition) is 3. The van der Waals surface area contributed by atoms with E-state index in [1.54, 1.807) is 0 Å². The molecule has 1 atom stereocenters. The lowest BCUT2D eigenvalue weighted by Crippen LogP contribution is -2.36. The molecule has 3 rings (SSSR count). The summed E-state index contributed by atoms with van der Waals surface area (Å²) in [6.07, 6.45) is 0. The fourth-order valence-electron chi connectivity index (χ4n) is 3.01. The van der Waals surface area contributed by atoms with Crippen LogP contribution in [0.2, 0.25) is 5.02 Å². The second-order valence-corrected chi connectivity index (χ2v) is 5.75. The molecule has 0 radical (unpaired) electrons. The molecule has 2 N–H and O–H groups in total. The van der Waals surface area contributed by atoms with Crippen molar-refractivity contribution >= 4 is 23.2 Å². The highest BCUT2D eigenvalue weighted by Crippen LogP contribution is 2.37. The summed E-state index contributed by atoms with van der Waals surface area (Å²) in [5, 5.41) is 0.689. The van der Waals surface area contributed by atoms with Crippen LogP contribution in [0.5, 0.6) is 0 Å². The van der Waals surface area contributed by atoms with Gasteiger partial charge in [0.1, 0.15) is 0 Å². The van der Waals surface area contributed by atoms with Gasteiger partial charge in [0.15, 0.2) is 5.96 Å². The molecule has 2 aromatic carbocycles. The number of anilines is 1. The number of nitrogens with two attached hydrogens (primary N) is 1. The SMILES string of the molecule is Cc1cccc(C)c1C1CN=C(N)N1c1ccccc1Cl. The molecular weight excluding hydrogens is 282 g/mol. The standard InChI is InChI=1S/C17H18ClN3/c1-11-6-5-7-12(2)16(11)15-10-20-17(19)21(15)14-9-4-3-8-13(14)18/h3-9,15H,10H2,1-2H3,(H2,19,20). The minimum atomic E-state index is 0.103. The molecule has 2 aromatic rings. The van der Waals surface area contributed by atoms with Crippen LogP contribution in [0.15, 0.2) is 47.5 Å². The van der Waals surface area contributed by atoms with Crippen LogP contribution in [0.4, 0.5) is 5.69 Å². The van der Waals surface area contributed by atoms with Crippen LogP contribution in [0.25, 0.3) is 0 Å². The van der Waals surface area contributed by atoms with Gasteiger partial charge < -0.3 is 10.6 Å².